The van der Waals surface area contributed by atoms with E-state index in [4.69, 9.17) is 9.47 Å². The number of anilines is 2. The van der Waals surface area contributed by atoms with Crippen molar-refractivity contribution >= 4 is 28.2 Å². The van der Waals surface area contributed by atoms with E-state index in [0.717, 1.165) is 40.7 Å². The van der Waals surface area contributed by atoms with Gasteiger partial charge in [0.2, 0.25) is 0 Å². The number of pyridine rings is 1. The summed E-state index contributed by atoms with van der Waals surface area (Å²) in [6.45, 7) is 4.24. The summed E-state index contributed by atoms with van der Waals surface area (Å²) in [5.41, 5.74) is 3.90. The molecule has 0 unspecified atom stereocenters. The number of carbonyl (C=O) groups excluding carboxylic acids is 1. The first kappa shape index (κ1) is 18.3. The number of aromatic nitrogens is 1. The van der Waals surface area contributed by atoms with Gasteiger partial charge in [-0.1, -0.05) is 32.0 Å². The Kier molecular flexibility index (Phi) is 4.90. The monoisotopic (exact) mass is 376 g/mol. The first-order valence-corrected chi connectivity index (χ1v) is 9.60. The van der Waals surface area contributed by atoms with Crippen LogP contribution in [0, 0.1) is 0 Å². The van der Waals surface area contributed by atoms with Gasteiger partial charge in [0.1, 0.15) is 17.4 Å². The van der Waals surface area contributed by atoms with Gasteiger partial charge in [-0.3, -0.25) is 4.98 Å². The minimum absolute atomic E-state index is 0.0369. The fourth-order valence-electron chi connectivity index (χ4n) is 3.22. The zero-order valence-electron chi connectivity index (χ0n) is 16.4. The summed E-state index contributed by atoms with van der Waals surface area (Å²) >= 11 is 0. The Morgan fingerprint density at radius 3 is 2.57 bits per heavy atom. The van der Waals surface area contributed by atoms with Gasteiger partial charge in [0, 0.05) is 23.3 Å². The number of carbonyl (C=O) groups is 1. The molecule has 1 aromatic heterocycles. The van der Waals surface area contributed by atoms with Crippen molar-refractivity contribution in [2.75, 3.05) is 12.4 Å². The summed E-state index contributed by atoms with van der Waals surface area (Å²) in [4.78, 5) is 17.3. The second-order valence-electron chi connectivity index (χ2n) is 7.41. The number of nitrogens with zero attached hydrogens (tertiary/aromatic N) is 1. The van der Waals surface area contributed by atoms with Gasteiger partial charge in [-0.25, -0.2) is 4.79 Å². The van der Waals surface area contributed by atoms with Gasteiger partial charge < -0.3 is 14.8 Å². The highest BCUT2D eigenvalue weighted by Crippen LogP contribution is 2.37. The van der Waals surface area contributed by atoms with Crippen LogP contribution in [-0.4, -0.2) is 24.2 Å². The zero-order chi connectivity index (χ0) is 19.7. The maximum Gasteiger partial charge on any atom is 0.342 e. The molecular weight excluding hydrogens is 352 g/mol. The topological polar surface area (TPSA) is 60.5 Å². The molecule has 5 heteroatoms. The molecule has 144 valence electrons. The third-order valence-corrected chi connectivity index (χ3v) is 4.90. The first-order chi connectivity index (χ1) is 13.6. The number of ether oxygens (including phenoxy) is 2. The van der Waals surface area contributed by atoms with E-state index in [1.807, 2.05) is 36.4 Å². The third kappa shape index (κ3) is 3.65. The van der Waals surface area contributed by atoms with Gasteiger partial charge in [-0.05, 0) is 42.5 Å². The van der Waals surface area contributed by atoms with Crippen molar-refractivity contribution in [3.63, 3.8) is 0 Å². The van der Waals surface area contributed by atoms with Crippen molar-refractivity contribution in [3.05, 3.63) is 59.8 Å². The van der Waals surface area contributed by atoms with Crippen molar-refractivity contribution in [1.82, 2.24) is 4.98 Å². The maximum absolute atomic E-state index is 12.8. The van der Waals surface area contributed by atoms with Gasteiger partial charge in [-0.15, -0.1) is 0 Å². The molecule has 5 nitrogen and oxygen atoms in total. The Labute approximate surface area is 164 Å². The van der Waals surface area contributed by atoms with Crippen LogP contribution in [0.1, 0.15) is 48.5 Å². The summed E-state index contributed by atoms with van der Waals surface area (Å²) in [5.74, 6) is 0.734. The molecule has 0 radical (unpaired) electrons. The Hall–Kier alpha value is -3.08. The highest BCUT2D eigenvalue weighted by atomic mass is 16.5. The van der Waals surface area contributed by atoms with E-state index in [-0.39, 0.29) is 18.0 Å². The van der Waals surface area contributed by atoms with Crippen molar-refractivity contribution in [2.24, 2.45) is 0 Å². The number of nitrogens with one attached hydrogen (secondary N) is 1. The Morgan fingerprint density at radius 1 is 1.18 bits per heavy atom. The predicted molar refractivity (Wildman–Crippen MR) is 111 cm³/mol. The lowest BCUT2D eigenvalue weighted by atomic mass is 9.98. The molecule has 0 spiro atoms. The van der Waals surface area contributed by atoms with E-state index in [2.05, 4.69) is 30.2 Å². The number of fused-ring (bicyclic) bond motifs is 1. The van der Waals surface area contributed by atoms with E-state index in [1.54, 1.807) is 13.3 Å². The molecule has 1 aliphatic carbocycles. The number of benzene rings is 2. The number of para-hydroxylation sites is 1. The lowest BCUT2D eigenvalue weighted by Gasteiger charge is -2.18. The van der Waals surface area contributed by atoms with Gasteiger partial charge in [-0.2, -0.15) is 0 Å². The molecule has 1 heterocycles. The molecule has 0 saturated heterocycles. The van der Waals surface area contributed by atoms with Gasteiger partial charge in [0.05, 0.1) is 18.3 Å². The van der Waals surface area contributed by atoms with Crippen LogP contribution in [0.4, 0.5) is 11.4 Å². The largest absolute Gasteiger partial charge is 0.496 e. The standard InChI is InChI=1S/C23H24N2O3/c1-14(2)17-11-18-20(12-21(17)27-3)24-13-19(23(26)28-16-9-10-16)22(18)25-15-7-5-4-6-8-15/h4-8,11-14,16H,9-10H2,1-3H3,(H,24,25). The minimum atomic E-state index is -0.336. The van der Waals surface area contributed by atoms with E-state index >= 15 is 0 Å². The van der Waals surface area contributed by atoms with Crippen LogP contribution in [0.15, 0.2) is 48.7 Å². The molecule has 1 saturated carbocycles. The second-order valence-corrected chi connectivity index (χ2v) is 7.41. The normalized spacial score (nSPS) is 13.6. The molecule has 0 aliphatic heterocycles. The van der Waals surface area contributed by atoms with Crippen LogP contribution in [0.5, 0.6) is 5.75 Å². The van der Waals surface area contributed by atoms with Gasteiger partial charge in [0.15, 0.2) is 0 Å². The summed E-state index contributed by atoms with van der Waals surface area (Å²) in [7, 11) is 1.66. The summed E-state index contributed by atoms with van der Waals surface area (Å²) < 4.78 is 11.1. The second kappa shape index (κ2) is 7.50. The fraction of sp³-hybridized carbons (Fsp3) is 0.304. The molecule has 0 atom stereocenters. The molecule has 0 bridgehead atoms. The van der Waals surface area contributed by atoms with E-state index < -0.39 is 0 Å². The molecule has 1 aliphatic rings. The minimum Gasteiger partial charge on any atom is -0.496 e. The molecule has 1 N–H and O–H groups in total. The first-order valence-electron chi connectivity index (χ1n) is 9.60. The summed E-state index contributed by atoms with van der Waals surface area (Å²) in [6, 6.07) is 13.8. The lowest BCUT2D eigenvalue weighted by molar-refractivity contribution is 0.0473. The molecule has 0 amide bonds. The van der Waals surface area contributed by atoms with Crippen LogP contribution in [-0.2, 0) is 4.74 Å². The number of hydrogen-bond acceptors (Lipinski definition) is 5. The average Bonchev–Trinajstić information content (AvgIpc) is 3.51. The highest BCUT2D eigenvalue weighted by Gasteiger charge is 2.28. The van der Waals surface area contributed by atoms with Crippen LogP contribution in [0.3, 0.4) is 0 Å². The molecule has 4 rings (SSSR count). The lowest BCUT2D eigenvalue weighted by Crippen LogP contribution is -2.11. The average molecular weight is 376 g/mol. The van der Waals surface area contributed by atoms with Crippen LogP contribution < -0.4 is 10.1 Å². The van der Waals surface area contributed by atoms with E-state index in [0.29, 0.717) is 11.3 Å². The fourth-order valence-corrected chi connectivity index (χ4v) is 3.22. The third-order valence-electron chi connectivity index (χ3n) is 4.90. The van der Waals surface area contributed by atoms with Crippen LogP contribution >= 0.6 is 0 Å². The van der Waals surface area contributed by atoms with Crippen LogP contribution in [0.2, 0.25) is 0 Å². The van der Waals surface area contributed by atoms with Crippen molar-refractivity contribution in [3.8, 4) is 5.75 Å². The molecule has 1 fully saturated rings. The number of rotatable bonds is 6. The number of esters is 1. The van der Waals surface area contributed by atoms with Gasteiger partial charge >= 0.3 is 5.97 Å². The van der Waals surface area contributed by atoms with Crippen LogP contribution in [0.25, 0.3) is 10.9 Å². The summed E-state index contributed by atoms with van der Waals surface area (Å²) in [6.07, 6.45) is 3.49. The SMILES string of the molecule is COc1cc2ncc(C(=O)OC3CC3)c(Nc3ccccc3)c2cc1C(C)C. The highest BCUT2D eigenvalue weighted by molar-refractivity contribution is 6.06. The smallest absolute Gasteiger partial charge is 0.342 e. The van der Waals surface area contributed by atoms with Gasteiger partial charge in [0.25, 0.3) is 0 Å². The Balaban J connectivity index is 1.89. The number of hydrogen-bond donors (Lipinski definition) is 1. The predicted octanol–water partition coefficient (Wildman–Crippen LogP) is 5.43. The van der Waals surface area contributed by atoms with Crippen molar-refractivity contribution < 1.29 is 14.3 Å². The molecule has 3 aromatic rings. The molecular formula is C23H24N2O3. The quantitative estimate of drug-likeness (QED) is 0.581. The maximum atomic E-state index is 12.8. The zero-order valence-corrected chi connectivity index (χ0v) is 16.4. The number of methoxy groups -OCH3 is 1. The van der Waals surface area contributed by atoms with E-state index in [1.165, 1.54) is 0 Å². The van der Waals surface area contributed by atoms with Crippen molar-refractivity contribution in [1.29, 1.82) is 0 Å². The van der Waals surface area contributed by atoms with Crippen molar-refractivity contribution in [2.45, 2.75) is 38.7 Å². The Bertz CT molecular complexity index is 1010. The summed E-state index contributed by atoms with van der Waals surface area (Å²) in [5, 5.41) is 4.29. The molecule has 28 heavy (non-hydrogen) atoms. The Morgan fingerprint density at radius 2 is 1.93 bits per heavy atom. The van der Waals surface area contributed by atoms with E-state index in [9.17, 15) is 4.79 Å². The molecule has 2 aromatic carbocycles.